The molecule has 0 aromatic heterocycles. The van der Waals surface area contributed by atoms with Crippen LogP contribution in [0.25, 0.3) is 0 Å². The molecule has 1 aliphatic rings. The van der Waals surface area contributed by atoms with Crippen molar-refractivity contribution in [2.45, 2.75) is 0 Å². The van der Waals surface area contributed by atoms with Crippen LogP contribution in [-0.2, 0) is 0 Å². The van der Waals surface area contributed by atoms with E-state index in [2.05, 4.69) is 22.6 Å². The van der Waals surface area contributed by atoms with E-state index in [1.54, 1.807) is 24.3 Å². The highest BCUT2D eigenvalue weighted by Crippen LogP contribution is 2.12. The van der Waals surface area contributed by atoms with Crippen LogP contribution >= 0.6 is 11.6 Å². The predicted molar refractivity (Wildman–Crippen MR) is 82.7 cm³/mol. The second kappa shape index (κ2) is 6.58. The molecule has 0 spiro atoms. The van der Waals surface area contributed by atoms with Crippen LogP contribution in [-0.4, -0.2) is 54.9 Å². The van der Waals surface area contributed by atoms with Gasteiger partial charge in [-0.05, 0) is 31.3 Å². The van der Waals surface area contributed by atoms with Crippen LogP contribution in [0.2, 0.25) is 5.02 Å². The molecule has 1 aromatic rings. The van der Waals surface area contributed by atoms with Gasteiger partial charge in [-0.25, -0.2) is 0 Å². The molecule has 0 saturated carbocycles. The van der Waals surface area contributed by atoms with E-state index in [4.69, 9.17) is 22.4 Å². The molecular weight excluding hydrogens is 276 g/mol. The zero-order chi connectivity index (χ0) is 14.5. The Morgan fingerprint density at radius 2 is 1.70 bits per heavy atom. The molecule has 0 atom stereocenters. The molecule has 1 saturated heterocycles. The number of guanidine groups is 2. The van der Waals surface area contributed by atoms with Crippen LogP contribution in [0, 0.1) is 10.8 Å². The second-order valence-corrected chi connectivity index (χ2v) is 5.21. The molecule has 1 heterocycles. The zero-order valence-electron chi connectivity index (χ0n) is 11.4. The Morgan fingerprint density at radius 1 is 1.10 bits per heavy atom. The van der Waals surface area contributed by atoms with Crippen molar-refractivity contribution >= 4 is 29.2 Å². The largest absolute Gasteiger partial charge is 0.340 e. The molecule has 108 valence electrons. The minimum atomic E-state index is 0.0799. The first-order valence-corrected chi connectivity index (χ1v) is 6.82. The fourth-order valence-electron chi connectivity index (χ4n) is 1.94. The van der Waals surface area contributed by atoms with E-state index in [-0.39, 0.29) is 11.9 Å². The molecule has 1 aliphatic heterocycles. The molecule has 0 aliphatic carbocycles. The summed E-state index contributed by atoms with van der Waals surface area (Å²) in [7, 11) is 2.07. The van der Waals surface area contributed by atoms with Crippen molar-refractivity contribution in [2.75, 3.05) is 38.5 Å². The lowest BCUT2D eigenvalue weighted by molar-refractivity contribution is 0.212. The standard InChI is InChI=1S/C13H19ClN6/c1-19-6-8-20(9-7-19)13(16)18-12(15)17-11-4-2-10(14)3-5-11/h2-5H,6-9H2,1H3,(H4,15,16,17,18). The third-order valence-corrected chi connectivity index (χ3v) is 3.43. The van der Waals surface area contributed by atoms with Crippen LogP contribution in [0.4, 0.5) is 5.69 Å². The third-order valence-electron chi connectivity index (χ3n) is 3.18. The number of piperazine rings is 1. The molecular formula is C13H19ClN6. The van der Waals surface area contributed by atoms with Gasteiger partial charge in [-0.15, -0.1) is 0 Å². The summed E-state index contributed by atoms with van der Waals surface area (Å²) in [6, 6.07) is 7.09. The minimum Gasteiger partial charge on any atom is -0.340 e. The lowest BCUT2D eigenvalue weighted by Gasteiger charge is -2.34. The number of halogens is 1. The fraction of sp³-hybridized carbons (Fsp3) is 0.385. The number of rotatable bonds is 1. The molecule has 7 heteroatoms. The lowest BCUT2D eigenvalue weighted by Crippen LogP contribution is -2.52. The normalized spacial score (nSPS) is 15.8. The molecule has 6 nitrogen and oxygen atoms in total. The summed E-state index contributed by atoms with van der Waals surface area (Å²) in [5, 5.41) is 22.1. The molecule has 0 amide bonds. The summed E-state index contributed by atoms with van der Waals surface area (Å²) < 4.78 is 0. The van der Waals surface area contributed by atoms with Gasteiger partial charge >= 0.3 is 0 Å². The fourth-order valence-corrected chi connectivity index (χ4v) is 2.06. The van der Waals surface area contributed by atoms with Crippen molar-refractivity contribution in [1.82, 2.24) is 15.1 Å². The number of anilines is 1. The highest BCUT2D eigenvalue weighted by molar-refractivity contribution is 6.30. The van der Waals surface area contributed by atoms with E-state index in [1.165, 1.54) is 0 Å². The Kier molecular flexibility index (Phi) is 4.81. The first-order valence-electron chi connectivity index (χ1n) is 6.45. The maximum atomic E-state index is 7.97. The Labute approximate surface area is 123 Å². The van der Waals surface area contributed by atoms with E-state index < -0.39 is 0 Å². The second-order valence-electron chi connectivity index (χ2n) is 4.77. The maximum Gasteiger partial charge on any atom is 0.199 e. The molecule has 20 heavy (non-hydrogen) atoms. The SMILES string of the molecule is CN1CCN(C(=N)NC(=N)Nc2ccc(Cl)cc2)CC1. The van der Waals surface area contributed by atoms with Gasteiger partial charge in [0.2, 0.25) is 0 Å². The van der Waals surface area contributed by atoms with Crippen molar-refractivity contribution in [3.63, 3.8) is 0 Å². The third kappa shape index (κ3) is 4.11. The van der Waals surface area contributed by atoms with Crippen LogP contribution in [0.15, 0.2) is 24.3 Å². The van der Waals surface area contributed by atoms with Crippen LogP contribution in [0.5, 0.6) is 0 Å². The molecule has 4 N–H and O–H groups in total. The van der Waals surface area contributed by atoms with E-state index >= 15 is 0 Å². The summed E-state index contributed by atoms with van der Waals surface area (Å²) in [4.78, 5) is 4.15. The Bertz CT molecular complexity index is 478. The van der Waals surface area contributed by atoms with E-state index in [0.29, 0.717) is 5.02 Å². The molecule has 1 fully saturated rings. The smallest absolute Gasteiger partial charge is 0.199 e. The van der Waals surface area contributed by atoms with Gasteiger partial charge in [0.05, 0.1) is 0 Å². The number of likely N-dealkylation sites (N-methyl/N-ethyl adjacent to an activating group) is 1. The summed E-state index contributed by atoms with van der Waals surface area (Å²) in [6.07, 6.45) is 0. The van der Waals surface area contributed by atoms with Crippen molar-refractivity contribution in [3.05, 3.63) is 29.3 Å². The van der Waals surface area contributed by atoms with Gasteiger partial charge in [0.1, 0.15) is 0 Å². The predicted octanol–water partition coefficient (Wildman–Crippen LogP) is 1.46. The number of hydrogen-bond acceptors (Lipinski definition) is 3. The van der Waals surface area contributed by atoms with E-state index in [1.807, 2.05) is 4.90 Å². The van der Waals surface area contributed by atoms with Gasteiger partial charge < -0.3 is 15.1 Å². The molecule has 0 radical (unpaired) electrons. The van der Waals surface area contributed by atoms with Crippen molar-refractivity contribution in [3.8, 4) is 0 Å². The highest BCUT2D eigenvalue weighted by atomic mass is 35.5. The molecule has 0 bridgehead atoms. The average Bonchev–Trinajstić information content (AvgIpc) is 2.42. The van der Waals surface area contributed by atoms with Crippen molar-refractivity contribution in [2.24, 2.45) is 0 Å². The molecule has 1 aromatic carbocycles. The van der Waals surface area contributed by atoms with Gasteiger partial charge in [-0.3, -0.25) is 16.1 Å². The number of hydrogen-bond donors (Lipinski definition) is 4. The Morgan fingerprint density at radius 3 is 2.30 bits per heavy atom. The summed E-state index contributed by atoms with van der Waals surface area (Å²) in [5.74, 6) is 0.334. The number of nitrogens with zero attached hydrogens (tertiary/aromatic N) is 2. The van der Waals surface area contributed by atoms with Gasteiger partial charge in [-0.1, -0.05) is 11.6 Å². The van der Waals surface area contributed by atoms with Crippen molar-refractivity contribution in [1.29, 1.82) is 10.8 Å². The Hall–Kier alpha value is -1.79. The van der Waals surface area contributed by atoms with Crippen LogP contribution in [0.3, 0.4) is 0 Å². The minimum absolute atomic E-state index is 0.0799. The zero-order valence-corrected chi connectivity index (χ0v) is 12.2. The van der Waals surface area contributed by atoms with Gasteiger partial charge in [0.15, 0.2) is 11.9 Å². The maximum absolute atomic E-state index is 7.97. The van der Waals surface area contributed by atoms with E-state index in [9.17, 15) is 0 Å². The van der Waals surface area contributed by atoms with Crippen molar-refractivity contribution < 1.29 is 0 Å². The van der Waals surface area contributed by atoms with Gasteiger partial charge in [0, 0.05) is 36.9 Å². The quantitative estimate of drug-likeness (QED) is 0.467. The molecule has 2 rings (SSSR count). The molecule has 0 unspecified atom stereocenters. The summed E-state index contributed by atoms with van der Waals surface area (Å²) >= 11 is 5.80. The van der Waals surface area contributed by atoms with E-state index in [0.717, 1.165) is 31.9 Å². The highest BCUT2D eigenvalue weighted by Gasteiger charge is 2.16. The van der Waals surface area contributed by atoms with Crippen LogP contribution in [0.1, 0.15) is 0 Å². The summed E-state index contributed by atoms with van der Waals surface area (Å²) in [5.41, 5.74) is 0.762. The van der Waals surface area contributed by atoms with Gasteiger partial charge in [0.25, 0.3) is 0 Å². The van der Waals surface area contributed by atoms with Crippen LogP contribution < -0.4 is 10.6 Å². The van der Waals surface area contributed by atoms with Gasteiger partial charge in [-0.2, -0.15) is 0 Å². The monoisotopic (exact) mass is 294 g/mol. The average molecular weight is 295 g/mol. The Balaban J connectivity index is 1.82. The number of nitrogens with one attached hydrogen (secondary N) is 4. The summed E-state index contributed by atoms with van der Waals surface area (Å²) in [6.45, 7) is 3.47. The topological polar surface area (TPSA) is 78.2 Å². The lowest BCUT2D eigenvalue weighted by atomic mass is 10.3. The first kappa shape index (κ1) is 14.6. The first-order chi connectivity index (χ1) is 9.54. The number of benzene rings is 1.